The van der Waals surface area contributed by atoms with E-state index in [1.54, 1.807) is 12.4 Å². The highest BCUT2D eigenvalue weighted by atomic mass is 32.1. The van der Waals surface area contributed by atoms with Crippen LogP contribution in [0.4, 0.5) is 0 Å². The van der Waals surface area contributed by atoms with Crippen LogP contribution in [-0.2, 0) is 6.54 Å². The summed E-state index contributed by atoms with van der Waals surface area (Å²) < 4.78 is 2.98. The van der Waals surface area contributed by atoms with Gasteiger partial charge in [0, 0.05) is 50.0 Å². The molecule has 0 atom stereocenters. The topological polar surface area (TPSA) is 79.6 Å². The molecule has 1 aromatic carbocycles. The number of rotatable bonds is 5. The number of hydrogen-bond donors (Lipinski definition) is 1. The number of piperidine rings is 1. The van der Waals surface area contributed by atoms with Crippen LogP contribution in [0, 0.1) is 0 Å². The second-order valence-corrected chi connectivity index (χ2v) is 10.2. The first-order valence-corrected chi connectivity index (χ1v) is 12.9. The van der Waals surface area contributed by atoms with Gasteiger partial charge in [-0.15, -0.1) is 11.3 Å². The Bertz CT molecular complexity index is 1510. The fourth-order valence-corrected chi connectivity index (χ4v) is 5.79. The number of carbonyl (C=O) groups excluding carboxylic acids is 2. The van der Waals surface area contributed by atoms with Crippen LogP contribution in [0.25, 0.3) is 15.9 Å². The third kappa shape index (κ3) is 4.47. The van der Waals surface area contributed by atoms with E-state index in [1.165, 1.54) is 16.9 Å². The first kappa shape index (κ1) is 22.4. The van der Waals surface area contributed by atoms with E-state index in [1.807, 2.05) is 76.3 Å². The number of aromatic nitrogens is 3. The van der Waals surface area contributed by atoms with E-state index in [0.29, 0.717) is 18.0 Å². The SMILES string of the molecule is O=C(NCc1ccn2ccnc2c1)c1ccc(C2CCN(C(=O)c3cc4ncccc4s3)CC2)cc1. The highest BCUT2D eigenvalue weighted by molar-refractivity contribution is 7.20. The predicted molar refractivity (Wildman–Crippen MR) is 140 cm³/mol. The lowest BCUT2D eigenvalue weighted by Gasteiger charge is -2.32. The van der Waals surface area contributed by atoms with Gasteiger partial charge in [-0.2, -0.15) is 0 Å². The van der Waals surface area contributed by atoms with Gasteiger partial charge in [0.05, 0.1) is 15.1 Å². The summed E-state index contributed by atoms with van der Waals surface area (Å²) in [4.78, 5) is 37.0. The van der Waals surface area contributed by atoms with E-state index in [0.717, 1.165) is 52.2 Å². The van der Waals surface area contributed by atoms with Crippen LogP contribution in [0.3, 0.4) is 0 Å². The fourth-order valence-electron chi connectivity index (χ4n) is 4.80. The summed E-state index contributed by atoms with van der Waals surface area (Å²) in [6.45, 7) is 1.91. The number of pyridine rings is 2. The number of nitrogens with one attached hydrogen (secondary N) is 1. The van der Waals surface area contributed by atoms with E-state index in [9.17, 15) is 9.59 Å². The Morgan fingerprint density at radius 2 is 1.81 bits per heavy atom. The number of carbonyl (C=O) groups is 2. The Kier molecular flexibility index (Phi) is 5.95. The molecule has 6 rings (SSSR count). The molecule has 1 N–H and O–H groups in total. The Morgan fingerprint density at radius 1 is 0.972 bits per heavy atom. The summed E-state index contributed by atoms with van der Waals surface area (Å²) in [5, 5.41) is 2.99. The van der Waals surface area contributed by atoms with E-state index < -0.39 is 0 Å². The van der Waals surface area contributed by atoms with Crippen molar-refractivity contribution in [2.75, 3.05) is 13.1 Å². The first-order chi connectivity index (χ1) is 17.6. The van der Waals surface area contributed by atoms with Crippen LogP contribution in [0.15, 0.2) is 79.4 Å². The molecular weight excluding hydrogens is 470 g/mol. The third-order valence-corrected chi connectivity index (χ3v) is 7.92. The van der Waals surface area contributed by atoms with E-state index in [2.05, 4.69) is 15.3 Å². The second kappa shape index (κ2) is 9.54. The molecule has 0 bridgehead atoms. The molecule has 8 heteroatoms. The molecule has 0 radical (unpaired) electrons. The maximum absolute atomic E-state index is 13.0. The summed E-state index contributed by atoms with van der Waals surface area (Å²) in [6, 6.07) is 17.6. The lowest BCUT2D eigenvalue weighted by Crippen LogP contribution is -2.37. The van der Waals surface area contributed by atoms with Crippen molar-refractivity contribution in [1.82, 2.24) is 24.6 Å². The minimum absolute atomic E-state index is 0.0929. The highest BCUT2D eigenvalue weighted by Gasteiger charge is 2.26. The number of thiophene rings is 1. The van der Waals surface area contributed by atoms with Gasteiger partial charge >= 0.3 is 0 Å². The van der Waals surface area contributed by atoms with Crippen molar-refractivity contribution in [1.29, 1.82) is 0 Å². The molecule has 1 saturated heterocycles. The average Bonchev–Trinajstić information content (AvgIpc) is 3.58. The van der Waals surface area contributed by atoms with Crippen LogP contribution < -0.4 is 5.32 Å². The van der Waals surface area contributed by atoms with Crippen molar-refractivity contribution in [2.24, 2.45) is 0 Å². The zero-order valence-corrected chi connectivity index (χ0v) is 20.4. The second-order valence-electron chi connectivity index (χ2n) is 9.10. The minimum Gasteiger partial charge on any atom is -0.348 e. The Morgan fingerprint density at radius 3 is 2.61 bits per heavy atom. The molecule has 0 saturated carbocycles. The van der Waals surface area contributed by atoms with Gasteiger partial charge in [0.15, 0.2) is 0 Å². The summed E-state index contributed by atoms with van der Waals surface area (Å²) in [5.41, 5.74) is 4.61. The number of amides is 2. The van der Waals surface area contributed by atoms with E-state index in [-0.39, 0.29) is 11.8 Å². The van der Waals surface area contributed by atoms with Gasteiger partial charge in [-0.25, -0.2) is 4.98 Å². The molecule has 1 fully saturated rings. The Hall–Kier alpha value is -4.04. The normalized spacial score (nSPS) is 14.4. The van der Waals surface area contributed by atoms with Gasteiger partial charge in [-0.1, -0.05) is 12.1 Å². The summed E-state index contributed by atoms with van der Waals surface area (Å²) in [7, 11) is 0. The summed E-state index contributed by atoms with van der Waals surface area (Å²) in [5.74, 6) is 0.384. The van der Waals surface area contributed by atoms with E-state index >= 15 is 0 Å². The number of likely N-dealkylation sites (tertiary alicyclic amines) is 1. The molecule has 180 valence electrons. The number of benzene rings is 1. The largest absolute Gasteiger partial charge is 0.348 e. The van der Waals surface area contributed by atoms with Crippen molar-refractivity contribution < 1.29 is 9.59 Å². The fraction of sp³-hybridized carbons (Fsp3) is 0.214. The molecular formula is C28H25N5O2S. The summed E-state index contributed by atoms with van der Waals surface area (Å²) in [6.07, 6.45) is 9.17. The zero-order valence-electron chi connectivity index (χ0n) is 19.6. The quantitative estimate of drug-likeness (QED) is 0.376. The van der Waals surface area contributed by atoms with Crippen molar-refractivity contribution in [3.05, 3.63) is 101 Å². The van der Waals surface area contributed by atoms with Gasteiger partial charge in [-0.05, 0) is 72.4 Å². The van der Waals surface area contributed by atoms with Crippen LogP contribution in [0.2, 0.25) is 0 Å². The summed E-state index contributed by atoms with van der Waals surface area (Å²) >= 11 is 1.51. The molecule has 2 amide bonds. The van der Waals surface area contributed by atoms with Crippen molar-refractivity contribution in [3.63, 3.8) is 0 Å². The maximum Gasteiger partial charge on any atom is 0.264 e. The highest BCUT2D eigenvalue weighted by Crippen LogP contribution is 2.31. The van der Waals surface area contributed by atoms with Crippen LogP contribution in [0.1, 0.15) is 49.9 Å². The molecule has 4 aromatic heterocycles. The Balaban J connectivity index is 1.04. The van der Waals surface area contributed by atoms with Crippen LogP contribution in [0.5, 0.6) is 0 Å². The van der Waals surface area contributed by atoms with Gasteiger partial charge in [0.1, 0.15) is 5.65 Å². The average molecular weight is 496 g/mol. The maximum atomic E-state index is 13.0. The molecule has 0 unspecified atom stereocenters. The molecule has 5 heterocycles. The first-order valence-electron chi connectivity index (χ1n) is 12.1. The Labute approximate surface area is 212 Å². The monoisotopic (exact) mass is 495 g/mol. The molecule has 0 aliphatic carbocycles. The van der Waals surface area contributed by atoms with Crippen LogP contribution >= 0.6 is 11.3 Å². The van der Waals surface area contributed by atoms with Gasteiger partial charge in [0.25, 0.3) is 11.8 Å². The number of imidazole rings is 1. The lowest BCUT2D eigenvalue weighted by atomic mass is 9.89. The number of nitrogens with zero attached hydrogens (tertiary/aromatic N) is 4. The molecule has 36 heavy (non-hydrogen) atoms. The molecule has 5 aromatic rings. The van der Waals surface area contributed by atoms with Gasteiger partial charge in [-0.3, -0.25) is 14.6 Å². The molecule has 1 aliphatic rings. The lowest BCUT2D eigenvalue weighted by molar-refractivity contribution is 0.0717. The van der Waals surface area contributed by atoms with Gasteiger partial charge < -0.3 is 14.6 Å². The van der Waals surface area contributed by atoms with Crippen molar-refractivity contribution >= 4 is 39.0 Å². The third-order valence-electron chi connectivity index (χ3n) is 6.84. The zero-order chi connectivity index (χ0) is 24.5. The van der Waals surface area contributed by atoms with Crippen LogP contribution in [-0.4, -0.2) is 44.2 Å². The van der Waals surface area contributed by atoms with E-state index in [4.69, 9.17) is 0 Å². The number of fused-ring (bicyclic) bond motifs is 2. The number of hydrogen-bond acceptors (Lipinski definition) is 5. The van der Waals surface area contributed by atoms with Crippen molar-refractivity contribution in [3.8, 4) is 0 Å². The van der Waals surface area contributed by atoms with Crippen molar-refractivity contribution in [2.45, 2.75) is 25.3 Å². The molecule has 1 aliphatic heterocycles. The molecule has 7 nitrogen and oxygen atoms in total. The minimum atomic E-state index is -0.0944. The predicted octanol–water partition coefficient (Wildman–Crippen LogP) is 4.89. The molecule has 0 spiro atoms. The smallest absolute Gasteiger partial charge is 0.264 e. The standard InChI is InChI=1S/C28H25N5O2S/c34-27(31-18-19-7-12-32-15-11-30-26(32)16-19)22-5-3-20(4-6-22)21-8-13-33(14-9-21)28(35)25-17-23-24(36-25)2-1-10-29-23/h1-7,10-12,15-17,21H,8-9,13-14,18H2,(H,31,34). The van der Waals surface area contributed by atoms with Gasteiger partial charge in [0.2, 0.25) is 0 Å².